The molecule has 2 aromatic heterocycles. The molecule has 0 aromatic carbocycles. The fourth-order valence-electron chi connectivity index (χ4n) is 4.22. The zero-order valence-corrected chi connectivity index (χ0v) is 21.1. The third-order valence-electron chi connectivity index (χ3n) is 5.83. The zero-order valence-electron chi connectivity index (χ0n) is 17.9. The van der Waals surface area contributed by atoms with E-state index in [2.05, 4.69) is 54.5 Å². The number of carbonyl (C=O) groups excluding carboxylic acids is 1. The molecule has 0 bridgehead atoms. The maximum absolute atomic E-state index is 13.9. The first-order valence-corrected chi connectivity index (χ1v) is 11.9. The van der Waals surface area contributed by atoms with Gasteiger partial charge in [-0.25, -0.2) is 0 Å². The molecule has 32 heavy (non-hydrogen) atoms. The Bertz CT molecular complexity index is 1100. The molecule has 0 saturated heterocycles. The van der Waals surface area contributed by atoms with Crippen molar-refractivity contribution in [3.05, 3.63) is 86.9 Å². The van der Waals surface area contributed by atoms with Crippen LogP contribution in [0.2, 0.25) is 0 Å². The smallest absolute Gasteiger partial charge is 0.265 e. The van der Waals surface area contributed by atoms with Gasteiger partial charge in [0.1, 0.15) is 11.6 Å². The third kappa shape index (κ3) is 5.25. The van der Waals surface area contributed by atoms with E-state index >= 15 is 0 Å². The van der Waals surface area contributed by atoms with Crippen molar-refractivity contribution in [1.82, 2.24) is 14.9 Å². The van der Waals surface area contributed by atoms with Crippen LogP contribution in [0.3, 0.4) is 0 Å². The molecule has 2 heterocycles. The Morgan fingerprint density at radius 2 is 2.09 bits per heavy atom. The molecule has 0 unspecified atom stereocenters. The summed E-state index contributed by atoms with van der Waals surface area (Å²) in [7, 11) is 0. The Labute approximate surface area is 205 Å². The van der Waals surface area contributed by atoms with E-state index in [1.807, 2.05) is 36.1 Å². The second-order valence-electron chi connectivity index (χ2n) is 7.77. The lowest BCUT2D eigenvalue weighted by molar-refractivity contribution is -0.132. The van der Waals surface area contributed by atoms with Gasteiger partial charge in [-0.3, -0.25) is 14.8 Å². The van der Waals surface area contributed by atoms with Crippen LogP contribution < -0.4 is 0 Å². The Hall–Kier alpha value is -2.56. The first-order valence-electron chi connectivity index (χ1n) is 10.3. The molecular formula is C25H24Br2N4O. The third-order valence-corrected chi connectivity index (χ3v) is 6.89. The highest BCUT2D eigenvalue weighted by Crippen LogP contribution is 2.42. The summed E-state index contributed by atoms with van der Waals surface area (Å²) in [5, 5.41) is 9.93. The minimum Gasteiger partial charge on any atom is -0.324 e. The molecule has 0 atom stereocenters. The first kappa shape index (κ1) is 24.1. The molecule has 5 nitrogen and oxygen atoms in total. The van der Waals surface area contributed by atoms with Gasteiger partial charge in [0, 0.05) is 34.1 Å². The summed E-state index contributed by atoms with van der Waals surface area (Å²) in [5.74, 6) is -0.313. The molecule has 0 radical (unpaired) electrons. The molecule has 1 aliphatic carbocycles. The number of nitriles is 1. The van der Waals surface area contributed by atoms with E-state index in [-0.39, 0.29) is 11.5 Å². The average Bonchev–Trinajstić information content (AvgIpc) is 3.28. The van der Waals surface area contributed by atoms with Gasteiger partial charge in [-0.05, 0) is 81.0 Å². The molecule has 1 fully saturated rings. The van der Waals surface area contributed by atoms with Crippen LogP contribution in [0.25, 0.3) is 6.08 Å². The highest BCUT2D eigenvalue weighted by atomic mass is 79.9. The SMILES string of the molecule is C=C/C=C(\C)C1(N(Cc2cccnc2)C(=O)/C(C#N)=C/c2ncc(Br)cc2Br)CCCC1. The minimum absolute atomic E-state index is 0.0436. The van der Waals surface area contributed by atoms with Crippen molar-refractivity contribution in [2.75, 3.05) is 0 Å². The van der Waals surface area contributed by atoms with Gasteiger partial charge in [-0.2, -0.15) is 5.26 Å². The van der Waals surface area contributed by atoms with E-state index in [0.29, 0.717) is 16.7 Å². The molecule has 0 aliphatic heterocycles. The van der Waals surface area contributed by atoms with Crippen molar-refractivity contribution in [1.29, 1.82) is 5.26 Å². The number of hydrogen-bond acceptors (Lipinski definition) is 4. The lowest BCUT2D eigenvalue weighted by atomic mass is 9.85. The van der Waals surface area contributed by atoms with Crippen molar-refractivity contribution in [2.24, 2.45) is 0 Å². The van der Waals surface area contributed by atoms with Gasteiger partial charge in [0.2, 0.25) is 0 Å². The standard InChI is InChI=1S/C25H24Br2N4O/c1-3-7-18(2)25(9-4-5-10-25)31(17-19-8-6-11-29-15-19)24(32)20(14-28)12-23-22(27)13-21(26)16-30-23/h3,6-8,11-13,15-16H,1,4-5,9-10,17H2,2H3/b18-7+,20-12+. The predicted octanol–water partition coefficient (Wildman–Crippen LogP) is 6.38. The highest BCUT2D eigenvalue weighted by molar-refractivity contribution is 9.11. The highest BCUT2D eigenvalue weighted by Gasteiger charge is 2.44. The molecule has 1 saturated carbocycles. The van der Waals surface area contributed by atoms with Gasteiger partial charge >= 0.3 is 0 Å². The quantitative estimate of drug-likeness (QED) is 0.226. The van der Waals surface area contributed by atoms with Crippen LogP contribution in [0.5, 0.6) is 0 Å². The molecule has 0 N–H and O–H groups in total. The Kier molecular flexibility index (Phi) is 8.16. The van der Waals surface area contributed by atoms with E-state index in [9.17, 15) is 10.1 Å². The van der Waals surface area contributed by atoms with Gasteiger partial charge in [0.05, 0.1) is 11.2 Å². The fraction of sp³-hybridized carbons (Fsp3) is 0.280. The second kappa shape index (κ2) is 10.8. The van der Waals surface area contributed by atoms with Crippen molar-refractivity contribution in [3.63, 3.8) is 0 Å². The number of halogens is 2. The maximum atomic E-state index is 13.9. The number of allylic oxidation sites excluding steroid dienone is 2. The number of hydrogen-bond donors (Lipinski definition) is 0. The summed E-state index contributed by atoms with van der Waals surface area (Å²) >= 11 is 6.84. The van der Waals surface area contributed by atoms with Crippen molar-refractivity contribution >= 4 is 43.8 Å². The van der Waals surface area contributed by atoms with E-state index in [0.717, 1.165) is 41.3 Å². The average molecular weight is 556 g/mol. The molecule has 7 heteroatoms. The molecule has 164 valence electrons. The van der Waals surface area contributed by atoms with Crippen LogP contribution in [0.4, 0.5) is 0 Å². The summed E-state index contributed by atoms with van der Waals surface area (Å²) in [4.78, 5) is 24.3. The van der Waals surface area contributed by atoms with Gasteiger partial charge in [0.15, 0.2) is 0 Å². The maximum Gasteiger partial charge on any atom is 0.265 e. The van der Waals surface area contributed by atoms with Crippen LogP contribution in [0.1, 0.15) is 43.9 Å². The van der Waals surface area contributed by atoms with Crippen LogP contribution in [0, 0.1) is 11.3 Å². The van der Waals surface area contributed by atoms with Crippen molar-refractivity contribution < 1.29 is 4.79 Å². The monoisotopic (exact) mass is 554 g/mol. The molecule has 0 spiro atoms. The van der Waals surface area contributed by atoms with Gasteiger partial charge in [-0.15, -0.1) is 0 Å². The topological polar surface area (TPSA) is 69.9 Å². The van der Waals surface area contributed by atoms with Crippen LogP contribution in [0.15, 0.2) is 75.6 Å². The summed E-state index contributed by atoms with van der Waals surface area (Å²) in [6.45, 7) is 6.25. The normalized spacial score (nSPS) is 15.8. The minimum atomic E-state index is -0.471. The van der Waals surface area contributed by atoms with Crippen molar-refractivity contribution in [3.8, 4) is 6.07 Å². The Morgan fingerprint density at radius 3 is 2.69 bits per heavy atom. The van der Waals surface area contributed by atoms with Crippen LogP contribution in [-0.4, -0.2) is 26.3 Å². The molecular weight excluding hydrogens is 532 g/mol. The Morgan fingerprint density at radius 1 is 1.34 bits per heavy atom. The van der Waals surface area contributed by atoms with E-state index in [1.54, 1.807) is 30.7 Å². The second-order valence-corrected chi connectivity index (χ2v) is 9.54. The fourth-order valence-corrected chi connectivity index (χ4v) is 5.32. The summed E-state index contributed by atoms with van der Waals surface area (Å²) in [5.41, 5.74) is 2.09. The number of pyridine rings is 2. The van der Waals surface area contributed by atoms with Crippen LogP contribution >= 0.6 is 31.9 Å². The largest absolute Gasteiger partial charge is 0.324 e. The molecule has 3 rings (SSSR count). The van der Waals surface area contributed by atoms with Gasteiger partial charge in [0.25, 0.3) is 5.91 Å². The van der Waals surface area contributed by atoms with Gasteiger partial charge < -0.3 is 4.90 Å². The summed E-state index contributed by atoms with van der Waals surface area (Å²) in [6, 6.07) is 7.75. The van der Waals surface area contributed by atoms with E-state index < -0.39 is 5.54 Å². The number of rotatable bonds is 7. The van der Waals surface area contributed by atoms with Crippen LogP contribution in [-0.2, 0) is 11.3 Å². The summed E-state index contributed by atoms with van der Waals surface area (Å²) < 4.78 is 1.50. The zero-order chi connectivity index (χ0) is 23.1. The van der Waals surface area contributed by atoms with Gasteiger partial charge in [-0.1, -0.05) is 37.6 Å². The lowest BCUT2D eigenvalue weighted by Gasteiger charge is -2.42. The number of aromatic nitrogens is 2. The molecule has 2 aromatic rings. The van der Waals surface area contributed by atoms with E-state index in [4.69, 9.17) is 0 Å². The lowest BCUT2D eigenvalue weighted by Crippen LogP contribution is -2.51. The van der Waals surface area contributed by atoms with Crippen molar-refractivity contribution in [2.45, 2.75) is 44.7 Å². The predicted molar refractivity (Wildman–Crippen MR) is 133 cm³/mol. The number of carbonyl (C=O) groups is 1. The molecule has 1 aliphatic rings. The number of nitrogens with zero attached hydrogens (tertiary/aromatic N) is 4. The first-order chi connectivity index (χ1) is 15.4. The summed E-state index contributed by atoms with van der Waals surface area (Å²) in [6.07, 6.45) is 14.1. The number of amides is 1. The van der Waals surface area contributed by atoms with E-state index in [1.165, 1.54) is 0 Å². The Balaban J connectivity index is 2.10. The molecule has 1 amide bonds.